The van der Waals surface area contributed by atoms with Gasteiger partial charge >= 0.3 is 0 Å². The van der Waals surface area contributed by atoms with Crippen LogP contribution in [0.4, 0.5) is 17.1 Å². The summed E-state index contributed by atoms with van der Waals surface area (Å²) in [6.45, 7) is 3.97. The van der Waals surface area contributed by atoms with Crippen molar-refractivity contribution in [3.8, 4) is 5.75 Å². The maximum Gasteiger partial charge on any atom is 0.121 e. The van der Waals surface area contributed by atoms with Gasteiger partial charge in [0.25, 0.3) is 0 Å². The van der Waals surface area contributed by atoms with Crippen LogP contribution in [0.5, 0.6) is 5.75 Å². The quantitative estimate of drug-likeness (QED) is 0.879. The van der Waals surface area contributed by atoms with Gasteiger partial charge in [0.05, 0.1) is 18.5 Å². The maximum atomic E-state index is 6.14. The third-order valence-corrected chi connectivity index (χ3v) is 3.98. The molecule has 1 saturated heterocycles. The zero-order chi connectivity index (χ0) is 14.7. The molecule has 21 heavy (non-hydrogen) atoms. The van der Waals surface area contributed by atoms with Gasteiger partial charge in [-0.05, 0) is 24.3 Å². The topological polar surface area (TPSA) is 41.7 Å². The van der Waals surface area contributed by atoms with E-state index in [0.29, 0.717) is 0 Å². The molecule has 2 aromatic carbocycles. The molecule has 0 aromatic heterocycles. The van der Waals surface area contributed by atoms with E-state index in [0.717, 1.165) is 43.3 Å². The molecule has 0 spiro atoms. The maximum absolute atomic E-state index is 6.14. The van der Waals surface area contributed by atoms with Crippen LogP contribution in [-0.4, -0.2) is 33.3 Å². The van der Waals surface area contributed by atoms with Gasteiger partial charge in [0.15, 0.2) is 0 Å². The van der Waals surface area contributed by atoms with E-state index in [9.17, 15) is 0 Å². The summed E-state index contributed by atoms with van der Waals surface area (Å²) >= 11 is 0. The van der Waals surface area contributed by atoms with Gasteiger partial charge in [0.2, 0.25) is 0 Å². The van der Waals surface area contributed by atoms with Gasteiger partial charge in [-0.25, -0.2) is 0 Å². The van der Waals surface area contributed by atoms with Crippen LogP contribution >= 0.6 is 0 Å². The lowest BCUT2D eigenvalue weighted by Crippen LogP contribution is -2.46. The summed E-state index contributed by atoms with van der Waals surface area (Å²) in [5, 5.41) is 0. The SMILES string of the molecule is COc1ccc(N2CCN(c3ccccc3)CC2)c(N)c1. The Bertz CT molecular complexity index is 592. The Morgan fingerprint density at radius 1 is 0.905 bits per heavy atom. The van der Waals surface area contributed by atoms with Gasteiger partial charge in [-0.15, -0.1) is 0 Å². The van der Waals surface area contributed by atoms with Gasteiger partial charge < -0.3 is 20.3 Å². The van der Waals surface area contributed by atoms with Crippen molar-refractivity contribution in [2.75, 3.05) is 48.8 Å². The Hall–Kier alpha value is -2.36. The van der Waals surface area contributed by atoms with Crippen molar-refractivity contribution in [1.29, 1.82) is 0 Å². The van der Waals surface area contributed by atoms with E-state index in [1.165, 1.54) is 5.69 Å². The number of nitrogen functional groups attached to an aromatic ring is 1. The van der Waals surface area contributed by atoms with Crippen molar-refractivity contribution in [3.63, 3.8) is 0 Å². The van der Waals surface area contributed by atoms with Crippen molar-refractivity contribution < 1.29 is 4.74 Å². The highest BCUT2D eigenvalue weighted by Gasteiger charge is 2.19. The second-order valence-corrected chi connectivity index (χ2v) is 5.23. The normalized spacial score (nSPS) is 15.1. The summed E-state index contributed by atoms with van der Waals surface area (Å²) in [6.07, 6.45) is 0. The molecule has 0 amide bonds. The zero-order valence-corrected chi connectivity index (χ0v) is 12.3. The molecular weight excluding hydrogens is 262 g/mol. The number of hydrogen-bond acceptors (Lipinski definition) is 4. The fourth-order valence-corrected chi connectivity index (χ4v) is 2.79. The Kier molecular flexibility index (Phi) is 3.86. The van der Waals surface area contributed by atoms with Crippen molar-refractivity contribution in [1.82, 2.24) is 0 Å². The first kappa shape index (κ1) is 13.6. The second kappa shape index (κ2) is 5.95. The van der Waals surface area contributed by atoms with Crippen LogP contribution in [0.2, 0.25) is 0 Å². The van der Waals surface area contributed by atoms with Crippen molar-refractivity contribution in [2.45, 2.75) is 0 Å². The highest BCUT2D eigenvalue weighted by Crippen LogP contribution is 2.29. The molecular formula is C17H21N3O. The van der Waals surface area contributed by atoms with Gasteiger partial charge in [-0.2, -0.15) is 0 Å². The smallest absolute Gasteiger partial charge is 0.121 e. The van der Waals surface area contributed by atoms with Gasteiger partial charge in [-0.1, -0.05) is 18.2 Å². The van der Waals surface area contributed by atoms with E-state index >= 15 is 0 Å². The molecule has 0 saturated carbocycles. The highest BCUT2D eigenvalue weighted by molar-refractivity contribution is 5.70. The lowest BCUT2D eigenvalue weighted by molar-refractivity contribution is 0.415. The van der Waals surface area contributed by atoms with Crippen LogP contribution < -0.4 is 20.3 Å². The van der Waals surface area contributed by atoms with Crippen LogP contribution in [0.25, 0.3) is 0 Å². The minimum atomic E-state index is 0.780. The molecule has 1 fully saturated rings. The van der Waals surface area contributed by atoms with E-state index in [-0.39, 0.29) is 0 Å². The molecule has 0 atom stereocenters. The number of ether oxygens (including phenoxy) is 1. The monoisotopic (exact) mass is 283 g/mol. The Morgan fingerprint density at radius 2 is 1.57 bits per heavy atom. The van der Waals surface area contributed by atoms with Crippen LogP contribution in [0.1, 0.15) is 0 Å². The average Bonchev–Trinajstić information content (AvgIpc) is 2.56. The summed E-state index contributed by atoms with van der Waals surface area (Å²) < 4.78 is 5.21. The van der Waals surface area contributed by atoms with Gasteiger partial charge in [0.1, 0.15) is 5.75 Å². The standard InChI is InChI=1S/C17H21N3O/c1-21-15-7-8-17(16(18)13-15)20-11-9-19(10-12-20)14-5-3-2-4-6-14/h2-8,13H,9-12,18H2,1H3. The van der Waals surface area contributed by atoms with Gasteiger partial charge in [-0.3, -0.25) is 0 Å². The molecule has 0 bridgehead atoms. The minimum absolute atomic E-state index is 0.780. The zero-order valence-electron chi connectivity index (χ0n) is 12.3. The third-order valence-electron chi connectivity index (χ3n) is 3.98. The molecule has 0 aliphatic carbocycles. The van der Waals surface area contributed by atoms with Crippen LogP contribution in [0, 0.1) is 0 Å². The molecule has 1 heterocycles. The first-order valence-corrected chi connectivity index (χ1v) is 7.26. The molecule has 4 nitrogen and oxygen atoms in total. The molecule has 0 unspecified atom stereocenters. The predicted octanol–water partition coefficient (Wildman–Crippen LogP) is 2.60. The summed E-state index contributed by atoms with van der Waals surface area (Å²) in [6, 6.07) is 16.5. The second-order valence-electron chi connectivity index (χ2n) is 5.23. The van der Waals surface area contributed by atoms with E-state index < -0.39 is 0 Å². The number of benzene rings is 2. The van der Waals surface area contributed by atoms with E-state index in [1.807, 2.05) is 18.2 Å². The highest BCUT2D eigenvalue weighted by atomic mass is 16.5. The fraction of sp³-hybridized carbons (Fsp3) is 0.294. The summed E-state index contributed by atoms with van der Waals surface area (Å²) in [5.74, 6) is 0.805. The molecule has 2 aromatic rings. The number of anilines is 3. The number of rotatable bonds is 3. The van der Waals surface area contributed by atoms with Gasteiger partial charge in [0, 0.05) is 37.9 Å². The van der Waals surface area contributed by atoms with Crippen molar-refractivity contribution in [3.05, 3.63) is 48.5 Å². The largest absolute Gasteiger partial charge is 0.497 e. The van der Waals surface area contributed by atoms with E-state index in [4.69, 9.17) is 10.5 Å². The van der Waals surface area contributed by atoms with Crippen LogP contribution in [-0.2, 0) is 0 Å². The molecule has 2 N–H and O–H groups in total. The van der Waals surface area contributed by atoms with E-state index in [1.54, 1.807) is 7.11 Å². The number of nitrogens with two attached hydrogens (primary N) is 1. The number of para-hydroxylation sites is 1. The molecule has 1 aliphatic rings. The first-order valence-electron chi connectivity index (χ1n) is 7.26. The predicted molar refractivity (Wildman–Crippen MR) is 88.3 cm³/mol. The Balaban J connectivity index is 1.68. The average molecular weight is 283 g/mol. The number of hydrogen-bond donors (Lipinski definition) is 1. The number of piperazine rings is 1. The Labute approximate surface area is 125 Å². The number of nitrogens with zero attached hydrogens (tertiary/aromatic N) is 2. The summed E-state index contributed by atoms with van der Waals surface area (Å²) in [7, 11) is 1.66. The Morgan fingerprint density at radius 3 is 2.19 bits per heavy atom. The van der Waals surface area contributed by atoms with E-state index in [2.05, 4.69) is 40.1 Å². The summed E-state index contributed by atoms with van der Waals surface area (Å²) in [5.41, 5.74) is 9.31. The lowest BCUT2D eigenvalue weighted by atomic mass is 10.2. The first-order chi connectivity index (χ1) is 10.3. The molecule has 4 heteroatoms. The van der Waals surface area contributed by atoms with Crippen LogP contribution in [0.3, 0.4) is 0 Å². The molecule has 3 rings (SSSR count). The van der Waals surface area contributed by atoms with Crippen LogP contribution in [0.15, 0.2) is 48.5 Å². The number of methoxy groups -OCH3 is 1. The third kappa shape index (κ3) is 2.89. The molecule has 1 aliphatic heterocycles. The lowest BCUT2D eigenvalue weighted by Gasteiger charge is -2.37. The minimum Gasteiger partial charge on any atom is -0.497 e. The molecule has 0 radical (unpaired) electrons. The van der Waals surface area contributed by atoms with Crippen molar-refractivity contribution in [2.24, 2.45) is 0 Å². The molecule has 110 valence electrons. The summed E-state index contributed by atoms with van der Waals surface area (Å²) in [4.78, 5) is 4.75. The fourth-order valence-electron chi connectivity index (χ4n) is 2.79. The van der Waals surface area contributed by atoms with Crippen molar-refractivity contribution >= 4 is 17.1 Å².